The molecular formula is C28H22BrFN2O7S. The lowest BCUT2D eigenvalue weighted by Crippen LogP contribution is -2.36. The molecule has 206 valence electrons. The fourth-order valence-corrected chi connectivity index (χ4v) is 5.05. The largest absolute Gasteiger partial charge is 0.490 e. The van der Waals surface area contributed by atoms with Crippen LogP contribution in [0.3, 0.4) is 0 Å². The van der Waals surface area contributed by atoms with E-state index in [1.807, 2.05) is 0 Å². The van der Waals surface area contributed by atoms with E-state index in [1.165, 1.54) is 42.5 Å². The van der Waals surface area contributed by atoms with Gasteiger partial charge >= 0.3 is 5.97 Å². The van der Waals surface area contributed by atoms with Crippen LogP contribution in [0.5, 0.6) is 11.5 Å². The molecule has 0 saturated carbocycles. The third-order valence-corrected chi connectivity index (χ3v) is 7.01. The zero-order valence-corrected chi connectivity index (χ0v) is 23.4. The van der Waals surface area contributed by atoms with Gasteiger partial charge in [0.1, 0.15) is 19.0 Å². The Bertz CT molecular complexity index is 1490. The van der Waals surface area contributed by atoms with E-state index >= 15 is 0 Å². The van der Waals surface area contributed by atoms with Crippen LogP contribution in [0.1, 0.15) is 28.4 Å². The summed E-state index contributed by atoms with van der Waals surface area (Å²) in [6.45, 7) is 1.79. The van der Waals surface area contributed by atoms with Crippen LogP contribution in [0.15, 0.2) is 70.0 Å². The predicted octanol–water partition coefficient (Wildman–Crippen LogP) is 5.94. The number of nitrogens with one attached hydrogen (secondary N) is 1. The smallest absolute Gasteiger partial charge is 0.335 e. The molecule has 0 spiro atoms. The minimum atomic E-state index is -1.02. The van der Waals surface area contributed by atoms with Crippen molar-refractivity contribution < 1.29 is 38.1 Å². The standard InChI is InChI=1S/C28H22BrFN2O7S/c1-2-38-22-12-17(11-21(29)25(22)39-15-16-3-5-18(6-4-16)27(35)36)13-23-26(34)32(28(37)40-23)14-24(33)31-20-9-7-19(30)8-10-20/h3-13H,2,14-15H2,1H3,(H,31,33)(H,35,36)/b23-13-. The molecule has 2 N–H and O–H groups in total. The number of amides is 3. The van der Waals surface area contributed by atoms with Crippen molar-refractivity contribution in [3.8, 4) is 11.5 Å². The first-order valence-corrected chi connectivity index (χ1v) is 13.5. The highest BCUT2D eigenvalue weighted by Crippen LogP contribution is 2.39. The summed E-state index contributed by atoms with van der Waals surface area (Å²) in [4.78, 5) is 49.8. The topological polar surface area (TPSA) is 122 Å². The molecular weight excluding hydrogens is 607 g/mol. The van der Waals surface area contributed by atoms with Gasteiger partial charge in [-0.05, 0) is 100 Å². The number of benzene rings is 3. The second-order valence-electron chi connectivity index (χ2n) is 8.38. The highest BCUT2D eigenvalue weighted by atomic mass is 79.9. The number of nitrogens with zero attached hydrogens (tertiary/aromatic N) is 1. The summed E-state index contributed by atoms with van der Waals surface area (Å²) >= 11 is 4.18. The first-order valence-electron chi connectivity index (χ1n) is 11.9. The average Bonchev–Trinajstić information content (AvgIpc) is 3.17. The molecule has 1 aliphatic heterocycles. The number of carbonyl (C=O) groups excluding carboxylic acids is 3. The molecule has 0 bridgehead atoms. The third-order valence-electron chi connectivity index (χ3n) is 5.52. The lowest BCUT2D eigenvalue weighted by molar-refractivity contribution is -0.127. The van der Waals surface area contributed by atoms with Gasteiger partial charge < -0.3 is 19.9 Å². The number of imide groups is 1. The monoisotopic (exact) mass is 628 g/mol. The molecule has 1 fully saturated rings. The van der Waals surface area contributed by atoms with Crippen LogP contribution in [-0.2, 0) is 16.2 Å². The average molecular weight is 629 g/mol. The van der Waals surface area contributed by atoms with E-state index in [9.17, 15) is 23.6 Å². The van der Waals surface area contributed by atoms with Gasteiger partial charge in [-0.15, -0.1) is 0 Å². The zero-order chi connectivity index (χ0) is 28.8. The number of ether oxygens (including phenoxy) is 2. The van der Waals surface area contributed by atoms with Crippen LogP contribution in [0.4, 0.5) is 14.9 Å². The van der Waals surface area contributed by atoms with Crippen molar-refractivity contribution in [1.82, 2.24) is 4.90 Å². The van der Waals surface area contributed by atoms with Crippen molar-refractivity contribution >= 4 is 62.5 Å². The molecule has 0 radical (unpaired) electrons. The van der Waals surface area contributed by atoms with Gasteiger partial charge in [0.2, 0.25) is 5.91 Å². The Morgan fingerprint density at radius 1 is 1.07 bits per heavy atom. The Morgan fingerprint density at radius 3 is 2.42 bits per heavy atom. The fourth-order valence-electron chi connectivity index (χ4n) is 3.64. The van der Waals surface area contributed by atoms with E-state index in [0.29, 0.717) is 45.6 Å². The second-order valence-corrected chi connectivity index (χ2v) is 10.2. The van der Waals surface area contributed by atoms with Crippen molar-refractivity contribution in [1.29, 1.82) is 0 Å². The van der Waals surface area contributed by atoms with Crippen molar-refractivity contribution in [2.24, 2.45) is 0 Å². The van der Waals surface area contributed by atoms with Crippen LogP contribution >= 0.6 is 27.7 Å². The molecule has 1 heterocycles. The Balaban J connectivity index is 1.47. The molecule has 40 heavy (non-hydrogen) atoms. The number of anilines is 1. The van der Waals surface area contributed by atoms with E-state index in [2.05, 4.69) is 21.2 Å². The maximum Gasteiger partial charge on any atom is 0.335 e. The SMILES string of the molecule is CCOc1cc(/C=C2\SC(=O)N(CC(=O)Nc3ccc(F)cc3)C2=O)cc(Br)c1OCc1ccc(C(=O)O)cc1. The minimum absolute atomic E-state index is 0.126. The van der Waals surface area contributed by atoms with E-state index in [-0.39, 0.29) is 17.1 Å². The number of carboxylic acid groups (broad SMARTS) is 1. The van der Waals surface area contributed by atoms with Gasteiger partial charge in [-0.3, -0.25) is 19.3 Å². The molecule has 3 aromatic carbocycles. The molecule has 0 atom stereocenters. The summed E-state index contributed by atoms with van der Waals surface area (Å²) in [6, 6.07) is 14.7. The van der Waals surface area contributed by atoms with Crippen molar-refractivity contribution in [3.63, 3.8) is 0 Å². The molecule has 0 unspecified atom stereocenters. The van der Waals surface area contributed by atoms with Gasteiger partial charge in [-0.2, -0.15) is 0 Å². The Labute approximate surface area is 241 Å². The molecule has 1 saturated heterocycles. The van der Waals surface area contributed by atoms with Gasteiger partial charge in [0.05, 0.1) is 21.5 Å². The number of thioether (sulfide) groups is 1. The van der Waals surface area contributed by atoms with Crippen LogP contribution in [0.25, 0.3) is 6.08 Å². The lowest BCUT2D eigenvalue weighted by Gasteiger charge is -2.15. The predicted molar refractivity (Wildman–Crippen MR) is 151 cm³/mol. The molecule has 3 amide bonds. The number of carbonyl (C=O) groups is 4. The normalized spacial score (nSPS) is 14.0. The van der Waals surface area contributed by atoms with Crippen LogP contribution in [0.2, 0.25) is 0 Å². The first-order chi connectivity index (χ1) is 19.1. The lowest BCUT2D eigenvalue weighted by atomic mass is 10.1. The van der Waals surface area contributed by atoms with E-state index in [1.54, 1.807) is 31.2 Å². The minimum Gasteiger partial charge on any atom is -0.490 e. The molecule has 3 aromatic rings. The molecule has 0 aliphatic carbocycles. The number of carboxylic acids is 1. The summed E-state index contributed by atoms with van der Waals surface area (Å²) in [5.41, 5.74) is 1.80. The van der Waals surface area contributed by atoms with Gasteiger partial charge in [0.15, 0.2) is 11.5 Å². The number of rotatable bonds is 10. The number of aromatic carboxylic acids is 1. The fraction of sp³-hybridized carbons (Fsp3) is 0.143. The highest BCUT2D eigenvalue weighted by molar-refractivity contribution is 9.10. The van der Waals surface area contributed by atoms with Gasteiger partial charge in [0, 0.05) is 5.69 Å². The van der Waals surface area contributed by atoms with Crippen LogP contribution in [-0.4, -0.2) is 46.2 Å². The van der Waals surface area contributed by atoms with Crippen LogP contribution in [0, 0.1) is 5.82 Å². The van der Waals surface area contributed by atoms with Crippen molar-refractivity contribution in [2.45, 2.75) is 13.5 Å². The molecule has 9 nitrogen and oxygen atoms in total. The molecule has 4 rings (SSSR count). The maximum absolute atomic E-state index is 13.1. The Morgan fingerprint density at radius 2 is 1.77 bits per heavy atom. The third kappa shape index (κ3) is 7.07. The van der Waals surface area contributed by atoms with Gasteiger partial charge in [-0.1, -0.05) is 12.1 Å². The molecule has 12 heteroatoms. The highest BCUT2D eigenvalue weighted by Gasteiger charge is 2.36. The Hall–Kier alpha value is -4.16. The maximum atomic E-state index is 13.1. The first kappa shape index (κ1) is 28.8. The van der Waals surface area contributed by atoms with E-state index in [4.69, 9.17) is 14.6 Å². The summed E-state index contributed by atoms with van der Waals surface area (Å²) in [6.07, 6.45) is 1.52. The van der Waals surface area contributed by atoms with E-state index < -0.39 is 35.4 Å². The summed E-state index contributed by atoms with van der Waals surface area (Å²) in [5, 5.41) is 11.0. The van der Waals surface area contributed by atoms with Crippen LogP contribution < -0.4 is 14.8 Å². The summed E-state index contributed by atoms with van der Waals surface area (Å²) in [7, 11) is 0. The number of halogens is 2. The summed E-state index contributed by atoms with van der Waals surface area (Å²) < 4.78 is 25.3. The van der Waals surface area contributed by atoms with E-state index in [0.717, 1.165) is 10.5 Å². The summed E-state index contributed by atoms with van der Waals surface area (Å²) in [5.74, 6) is -1.90. The van der Waals surface area contributed by atoms with Crippen molar-refractivity contribution in [2.75, 3.05) is 18.5 Å². The van der Waals surface area contributed by atoms with Crippen molar-refractivity contribution in [3.05, 3.63) is 92.5 Å². The van der Waals surface area contributed by atoms with Gasteiger partial charge in [-0.25, -0.2) is 9.18 Å². The quantitative estimate of drug-likeness (QED) is 0.265. The van der Waals surface area contributed by atoms with Gasteiger partial charge in [0.25, 0.3) is 11.1 Å². The second kappa shape index (κ2) is 12.8. The Kier molecular flexibility index (Phi) is 9.22. The molecule has 0 aromatic heterocycles. The number of hydrogen-bond donors (Lipinski definition) is 2. The molecule has 1 aliphatic rings. The number of hydrogen-bond acceptors (Lipinski definition) is 7. The zero-order valence-electron chi connectivity index (χ0n) is 21.0.